The SMILES string of the molecule is COc1ccc([C@H]2[C@H](C(=O)Nc3ccc(C(F)(F)F)cc3)c3ccccc3C(=O)N2c2ccc(OC)cc2)cc1. The second-order valence-electron chi connectivity index (χ2n) is 9.22. The van der Waals surface area contributed by atoms with E-state index < -0.39 is 29.6 Å². The maximum Gasteiger partial charge on any atom is 0.416 e. The van der Waals surface area contributed by atoms with Gasteiger partial charge in [0.2, 0.25) is 5.91 Å². The van der Waals surface area contributed by atoms with Crippen LogP contribution in [0.15, 0.2) is 97.1 Å². The summed E-state index contributed by atoms with van der Waals surface area (Å²) in [5, 5.41) is 2.77. The Balaban J connectivity index is 1.63. The number of rotatable bonds is 6. The molecule has 1 N–H and O–H groups in total. The minimum Gasteiger partial charge on any atom is -0.497 e. The molecule has 0 saturated heterocycles. The average molecular weight is 547 g/mol. The van der Waals surface area contributed by atoms with Crippen molar-refractivity contribution in [1.29, 1.82) is 0 Å². The van der Waals surface area contributed by atoms with Crippen molar-refractivity contribution in [2.75, 3.05) is 24.4 Å². The molecule has 0 radical (unpaired) electrons. The summed E-state index contributed by atoms with van der Waals surface area (Å²) in [5.74, 6) is -0.454. The van der Waals surface area contributed by atoms with Gasteiger partial charge < -0.3 is 14.8 Å². The monoisotopic (exact) mass is 546 g/mol. The molecule has 1 aliphatic rings. The van der Waals surface area contributed by atoms with Crippen molar-refractivity contribution in [3.63, 3.8) is 0 Å². The third-order valence-corrected chi connectivity index (χ3v) is 6.91. The normalized spacial score (nSPS) is 16.7. The molecular weight excluding hydrogens is 521 g/mol. The lowest BCUT2D eigenvalue weighted by atomic mass is 9.78. The van der Waals surface area contributed by atoms with E-state index in [1.54, 1.807) is 91.9 Å². The van der Waals surface area contributed by atoms with Crippen molar-refractivity contribution >= 4 is 23.2 Å². The van der Waals surface area contributed by atoms with Crippen LogP contribution in [0.3, 0.4) is 0 Å². The Kier molecular flexibility index (Phi) is 7.21. The Morgan fingerprint density at radius 1 is 0.800 bits per heavy atom. The molecule has 0 aliphatic carbocycles. The first-order valence-electron chi connectivity index (χ1n) is 12.4. The van der Waals surface area contributed by atoms with Crippen molar-refractivity contribution in [3.05, 3.63) is 119 Å². The van der Waals surface area contributed by atoms with E-state index in [0.717, 1.165) is 12.1 Å². The van der Waals surface area contributed by atoms with Gasteiger partial charge in [-0.1, -0.05) is 30.3 Å². The fourth-order valence-electron chi connectivity index (χ4n) is 4.95. The van der Waals surface area contributed by atoms with Gasteiger partial charge >= 0.3 is 6.18 Å². The third-order valence-electron chi connectivity index (χ3n) is 6.91. The van der Waals surface area contributed by atoms with E-state index in [1.165, 1.54) is 12.1 Å². The number of fused-ring (bicyclic) bond motifs is 1. The number of nitrogens with zero attached hydrogens (tertiary/aromatic N) is 1. The molecule has 0 unspecified atom stereocenters. The topological polar surface area (TPSA) is 67.9 Å². The van der Waals surface area contributed by atoms with Crippen LogP contribution in [-0.2, 0) is 11.0 Å². The number of hydrogen-bond donors (Lipinski definition) is 1. The van der Waals surface area contributed by atoms with Crippen molar-refractivity contribution in [1.82, 2.24) is 0 Å². The molecule has 0 aromatic heterocycles. The first-order chi connectivity index (χ1) is 19.2. The Hall–Kier alpha value is -4.79. The number of anilines is 2. The quantitative estimate of drug-likeness (QED) is 0.287. The molecule has 2 amide bonds. The first-order valence-corrected chi connectivity index (χ1v) is 12.4. The molecule has 2 atom stereocenters. The fraction of sp³-hybridized carbons (Fsp3) is 0.161. The fourth-order valence-corrected chi connectivity index (χ4v) is 4.95. The van der Waals surface area contributed by atoms with Gasteiger partial charge in [0.05, 0.1) is 31.7 Å². The zero-order valence-electron chi connectivity index (χ0n) is 21.6. The highest BCUT2D eigenvalue weighted by Crippen LogP contribution is 2.46. The van der Waals surface area contributed by atoms with Gasteiger partial charge in [-0.3, -0.25) is 14.5 Å². The zero-order valence-corrected chi connectivity index (χ0v) is 21.6. The van der Waals surface area contributed by atoms with Gasteiger partial charge in [0.25, 0.3) is 5.91 Å². The zero-order chi connectivity index (χ0) is 28.4. The van der Waals surface area contributed by atoms with Crippen LogP contribution in [0.25, 0.3) is 0 Å². The summed E-state index contributed by atoms with van der Waals surface area (Å²) in [6, 6.07) is 24.4. The summed E-state index contributed by atoms with van der Waals surface area (Å²) < 4.78 is 49.8. The number of amides is 2. The number of carbonyl (C=O) groups is 2. The maximum absolute atomic E-state index is 14.0. The number of benzene rings is 4. The van der Waals surface area contributed by atoms with Crippen LogP contribution in [0.2, 0.25) is 0 Å². The molecule has 6 nitrogen and oxygen atoms in total. The Labute approximate surface area is 229 Å². The van der Waals surface area contributed by atoms with Crippen LogP contribution in [0.5, 0.6) is 11.5 Å². The van der Waals surface area contributed by atoms with Gasteiger partial charge in [-0.25, -0.2) is 0 Å². The van der Waals surface area contributed by atoms with Gasteiger partial charge in [-0.15, -0.1) is 0 Å². The summed E-state index contributed by atoms with van der Waals surface area (Å²) in [7, 11) is 3.08. The number of methoxy groups -OCH3 is 2. The molecule has 0 saturated carbocycles. The molecule has 4 aromatic carbocycles. The van der Waals surface area contributed by atoms with Crippen LogP contribution >= 0.6 is 0 Å². The van der Waals surface area contributed by atoms with E-state index in [1.807, 2.05) is 0 Å². The molecule has 9 heteroatoms. The minimum atomic E-state index is -4.50. The van der Waals surface area contributed by atoms with Gasteiger partial charge in [0.1, 0.15) is 11.5 Å². The van der Waals surface area contributed by atoms with Crippen molar-refractivity contribution < 1.29 is 32.2 Å². The molecule has 204 valence electrons. The molecule has 40 heavy (non-hydrogen) atoms. The molecule has 1 aliphatic heterocycles. The number of alkyl halides is 3. The second-order valence-corrected chi connectivity index (χ2v) is 9.22. The molecular formula is C31H25F3N2O4. The first kappa shape index (κ1) is 26.8. The smallest absolute Gasteiger partial charge is 0.416 e. The highest BCUT2D eigenvalue weighted by molar-refractivity contribution is 6.12. The van der Waals surface area contributed by atoms with E-state index in [-0.39, 0.29) is 11.6 Å². The lowest BCUT2D eigenvalue weighted by Gasteiger charge is -2.42. The number of hydrogen-bond acceptors (Lipinski definition) is 4. The summed E-state index contributed by atoms with van der Waals surface area (Å²) >= 11 is 0. The van der Waals surface area contributed by atoms with E-state index >= 15 is 0 Å². The molecule has 0 fully saturated rings. The number of ether oxygens (including phenoxy) is 2. The Morgan fingerprint density at radius 2 is 1.38 bits per heavy atom. The van der Waals surface area contributed by atoms with E-state index in [9.17, 15) is 22.8 Å². The maximum atomic E-state index is 14.0. The Morgan fingerprint density at radius 3 is 1.95 bits per heavy atom. The van der Waals surface area contributed by atoms with E-state index in [2.05, 4.69) is 5.32 Å². The van der Waals surface area contributed by atoms with Gasteiger partial charge in [-0.2, -0.15) is 13.2 Å². The van der Waals surface area contributed by atoms with Crippen molar-refractivity contribution in [3.8, 4) is 11.5 Å². The third kappa shape index (κ3) is 5.10. The van der Waals surface area contributed by atoms with Crippen LogP contribution in [0.1, 0.15) is 39.0 Å². The van der Waals surface area contributed by atoms with Crippen LogP contribution in [0, 0.1) is 0 Å². The van der Waals surface area contributed by atoms with E-state index in [0.29, 0.717) is 33.9 Å². The molecule has 0 spiro atoms. The van der Waals surface area contributed by atoms with Crippen molar-refractivity contribution in [2.45, 2.75) is 18.1 Å². The minimum absolute atomic E-state index is 0.205. The molecule has 1 heterocycles. The summed E-state index contributed by atoms with van der Waals surface area (Å²) in [6.07, 6.45) is -4.50. The highest BCUT2D eigenvalue weighted by atomic mass is 19.4. The van der Waals surface area contributed by atoms with Gasteiger partial charge in [0, 0.05) is 16.9 Å². The van der Waals surface area contributed by atoms with Gasteiger partial charge in [0.15, 0.2) is 0 Å². The summed E-state index contributed by atoms with van der Waals surface area (Å²) in [5.41, 5.74) is 1.48. The largest absolute Gasteiger partial charge is 0.497 e. The molecule has 0 bridgehead atoms. The number of nitrogens with one attached hydrogen (secondary N) is 1. The van der Waals surface area contributed by atoms with Crippen molar-refractivity contribution in [2.24, 2.45) is 0 Å². The average Bonchev–Trinajstić information content (AvgIpc) is 2.97. The number of carbonyl (C=O) groups excluding carboxylic acids is 2. The van der Waals surface area contributed by atoms with Crippen LogP contribution < -0.4 is 19.7 Å². The molecule has 5 rings (SSSR count). The highest BCUT2D eigenvalue weighted by Gasteiger charge is 2.45. The predicted molar refractivity (Wildman–Crippen MR) is 145 cm³/mol. The standard InChI is InChI=1S/C31H25F3N2O4/c1-39-23-15-7-19(8-16-23)28-27(29(37)35-21-11-9-20(10-12-21)31(32,33)34)25-5-3-4-6-26(25)30(38)36(28)22-13-17-24(40-2)18-14-22/h3-18,27-28H,1-2H3,(H,35,37)/t27-,28+/m1/s1. The van der Waals surface area contributed by atoms with Gasteiger partial charge in [-0.05, 0) is 77.9 Å². The van der Waals surface area contributed by atoms with Crippen LogP contribution in [-0.4, -0.2) is 26.0 Å². The predicted octanol–water partition coefficient (Wildman–Crippen LogP) is 6.85. The number of halogens is 3. The molecule has 4 aromatic rings. The van der Waals surface area contributed by atoms with Crippen LogP contribution in [0.4, 0.5) is 24.5 Å². The lowest BCUT2D eigenvalue weighted by molar-refractivity contribution is -0.137. The lowest BCUT2D eigenvalue weighted by Crippen LogP contribution is -2.46. The summed E-state index contributed by atoms with van der Waals surface area (Å²) in [4.78, 5) is 29.5. The second kappa shape index (κ2) is 10.8. The Bertz CT molecular complexity index is 1520. The van der Waals surface area contributed by atoms with E-state index in [4.69, 9.17) is 9.47 Å². The summed E-state index contributed by atoms with van der Waals surface area (Å²) in [6.45, 7) is 0.